The van der Waals surface area contributed by atoms with Gasteiger partial charge in [-0.1, -0.05) is 35.1 Å². The molecule has 0 unspecified atom stereocenters. The first kappa shape index (κ1) is 17.6. The second-order valence-electron chi connectivity index (χ2n) is 5.66. The van der Waals surface area contributed by atoms with Crippen molar-refractivity contribution in [3.8, 4) is 11.3 Å². The molecule has 4 aromatic rings. The Hall–Kier alpha value is -2.84. The molecule has 136 valence electrons. The SMILES string of the molecule is CN(C(=O)c1nc(-c2cnn3ccccc23)c(Cl)s1)c1c(F)cccc1F. The summed E-state index contributed by atoms with van der Waals surface area (Å²) in [5.74, 6) is -2.33. The van der Waals surface area contributed by atoms with E-state index in [1.807, 2.05) is 18.2 Å². The Bertz CT molecular complexity index is 1150. The Labute approximate surface area is 161 Å². The van der Waals surface area contributed by atoms with E-state index in [2.05, 4.69) is 10.1 Å². The molecule has 0 aliphatic heterocycles. The van der Waals surface area contributed by atoms with Crippen LogP contribution in [0.25, 0.3) is 16.8 Å². The van der Waals surface area contributed by atoms with Crippen LogP contribution in [0.4, 0.5) is 14.5 Å². The Balaban J connectivity index is 1.74. The highest BCUT2D eigenvalue weighted by atomic mass is 35.5. The van der Waals surface area contributed by atoms with Crippen molar-refractivity contribution in [1.82, 2.24) is 14.6 Å². The number of fused-ring (bicyclic) bond motifs is 1. The molecular formula is C18H11ClF2N4OS. The van der Waals surface area contributed by atoms with Gasteiger partial charge in [-0.25, -0.2) is 18.3 Å². The molecule has 27 heavy (non-hydrogen) atoms. The van der Waals surface area contributed by atoms with Crippen LogP contribution in [0.1, 0.15) is 9.80 Å². The Morgan fingerprint density at radius 1 is 1.19 bits per heavy atom. The van der Waals surface area contributed by atoms with Crippen LogP contribution in [-0.2, 0) is 0 Å². The summed E-state index contributed by atoms with van der Waals surface area (Å²) in [4.78, 5) is 17.9. The molecule has 0 radical (unpaired) electrons. The predicted octanol–water partition coefficient (Wildman–Crippen LogP) is 4.67. The molecule has 9 heteroatoms. The summed E-state index contributed by atoms with van der Waals surface area (Å²) in [6.07, 6.45) is 3.38. The zero-order valence-electron chi connectivity index (χ0n) is 13.9. The van der Waals surface area contributed by atoms with Crippen molar-refractivity contribution in [1.29, 1.82) is 0 Å². The minimum atomic E-state index is -0.837. The Morgan fingerprint density at radius 3 is 2.67 bits per heavy atom. The van der Waals surface area contributed by atoms with Gasteiger partial charge in [-0.05, 0) is 24.3 Å². The number of thiazole rings is 1. The van der Waals surface area contributed by atoms with E-state index in [1.54, 1.807) is 16.9 Å². The summed E-state index contributed by atoms with van der Waals surface area (Å²) in [6.45, 7) is 0. The van der Waals surface area contributed by atoms with E-state index in [4.69, 9.17) is 11.6 Å². The number of carbonyl (C=O) groups excluding carboxylic acids is 1. The highest BCUT2D eigenvalue weighted by molar-refractivity contribution is 7.18. The number of halogens is 3. The fraction of sp³-hybridized carbons (Fsp3) is 0.0556. The van der Waals surface area contributed by atoms with Crippen molar-refractivity contribution in [3.63, 3.8) is 0 Å². The molecule has 0 bridgehead atoms. The number of pyridine rings is 1. The molecule has 4 rings (SSSR count). The number of amides is 1. The van der Waals surface area contributed by atoms with Gasteiger partial charge in [0, 0.05) is 18.8 Å². The van der Waals surface area contributed by atoms with Crippen LogP contribution in [0.5, 0.6) is 0 Å². The molecule has 0 N–H and O–H groups in total. The molecular weight excluding hydrogens is 394 g/mol. The minimum absolute atomic E-state index is 0.0236. The average molecular weight is 405 g/mol. The Kier molecular flexibility index (Phi) is 4.37. The number of aromatic nitrogens is 3. The van der Waals surface area contributed by atoms with E-state index < -0.39 is 23.2 Å². The van der Waals surface area contributed by atoms with Gasteiger partial charge in [-0.3, -0.25) is 4.79 Å². The van der Waals surface area contributed by atoms with Gasteiger partial charge in [0.05, 0.1) is 11.7 Å². The number of nitrogens with zero attached hydrogens (tertiary/aromatic N) is 4. The van der Waals surface area contributed by atoms with Crippen LogP contribution in [0.15, 0.2) is 48.8 Å². The van der Waals surface area contributed by atoms with Crippen molar-refractivity contribution in [2.24, 2.45) is 0 Å². The molecule has 1 aromatic carbocycles. The van der Waals surface area contributed by atoms with Gasteiger partial charge in [0.1, 0.15) is 27.4 Å². The van der Waals surface area contributed by atoms with Gasteiger partial charge in [0.2, 0.25) is 0 Å². The third kappa shape index (κ3) is 2.96. The lowest BCUT2D eigenvalue weighted by Gasteiger charge is -2.17. The molecule has 0 fully saturated rings. The van der Waals surface area contributed by atoms with Crippen LogP contribution >= 0.6 is 22.9 Å². The number of hydrogen-bond acceptors (Lipinski definition) is 4. The molecule has 3 heterocycles. The van der Waals surface area contributed by atoms with Gasteiger partial charge < -0.3 is 4.90 Å². The fourth-order valence-corrected chi connectivity index (χ4v) is 3.88. The van der Waals surface area contributed by atoms with Crippen LogP contribution in [0, 0.1) is 11.6 Å². The summed E-state index contributed by atoms with van der Waals surface area (Å²) in [5, 5.41) is 4.25. The first-order chi connectivity index (χ1) is 13.0. The molecule has 0 saturated carbocycles. The van der Waals surface area contributed by atoms with Crippen molar-refractivity contribution >= 4 is 40.0 Å². The third-order valence-electron chi connectivity index (χ3n) is 4.03. The maximum absolute atomic E-state index is 14.0. The van der Waals surface area contributed by atoms with Gasteiger partial charge in [0.25, 0.3) is 5.91 Å². The van der Waals surface area contributed by atoms with Crippen molar-refractivity contribution in [2.45, 2.75) is 0 Å². The summed E-state index contributed by atoms with van der Waals surface area (Å²) < 4.78 is 29.9. The minimum Gasteiger partial charge on any atom is -0.304 e. The van der Waals surface area contributed by atoms with Crippen LogP contribution in [-0.4, -0.2) is 27.6 Å². The monoisotopic (exact) mass is 404 g/mol. The molecule has 0 aliphatic carbocycles. The van der Waals surface area contributed by atoms with Crippen LogP contribution in [0.3, 0.4) is 0 Å². The van der Waals surface area contributed by atoms with Gasteiger partial charge >= 0.3 is 0 Å². The second kappa shape index (κ2) is 6.71. The molecule has 1 amide bonds. The largest absolute Gasteiger partial charge is 0.304 e. The van der Waals surface area contributed by atoms with Gasteiger partial charge in [0.15, 0.2) is 5.01 Å². The van der Waals surface area contributed by atoms with E-state index in [9.17, 15) is 13.6 Å². The normalized spacial score (nSPS) is 11.1. The zero-order chi connectivity index (χ0) is 19.1. The number of para-hydroxylation sites is 1. The molecule has 0 saturated heterocycles. The maximum Gasteiger partial charge on any atom is 0.287 e. The lowest BCUT2D eigenvalue weighted by Crippen LogP contribution is -2.28. The number of anilines is 1. The van der Waals surface area contributed by atoms with Crippen LogP contribution < -0.4 is 4.90 Å². The van der Waals surface area contributed by atoms with E-state index in [0.29, 0.717) is 15.6 Å². The topological polar surface area (TPSA) is 50.5 Å². The quantitative estimate of drug-likeness (QED) is 0.498. The standard InChI is InChI=1S/C18H11ClF2N4OS/c1-24(15-11(20)5-4-6-12(15)21)18(26)17-23-14(16(19)27-17)10-9-22-25-8-3-2-7-13(10)25/h2-9H,1H3. The number of benzene rings is 1. The molecule has 0 spiro atoms. The van der Waals surface area contributed by atoms with Crippen molar-refractivity contribution in [3.05, 3.63) is 69.8 Å². The van der Waals surface area contributed by atoms with Crippen molar-refractivity contribution < 1.29 is 13.6 Å². The molecule has 5 nitrogen and oxygen atoms in total. The second-order valence-corrected chi connectivity index (χ2v) is 7.27. The van der Waals surface area contributed by atoms with Gasteiger partial charge in [-0.15, -0.1) is 0 Å². The van der Waals surface area contributed by atoms with E-state index in [-0.39, 0.29) is 5.01 Å². The fourth-order valence-electron chi connectivity index (χ4n) is 2.73. The van der Waals surface area contributed by atoms with E-state index in [0.717, 1.165) is 33.9 Å². The highest BCUT2D eigenvalue weighted by Crippen LogP contribution is 2.35. The number of hydrogen-bond donors (Lipinski definition) is 0. The van der Waals surface area contributed by atoms with E-state index in [1.165, 1.54) is 13.1 Å². The number of carbonyl (C=O) groups is 1. The van der Waals surface area contributed by atoms with Crippen LogP contribution in [0.2, 0.25) is 4.34 Å². The lowest BCUT2D eigenvalue weighted by molar-refractivity contribution is 0.0991. The summed E-state index contributed by atoms with van der Waals surface area (Å²) in [6, 6.07) is 8.93. The molecule has 0 atom stereocenters. The summed E-state index contributed by atoms with van der Waals surface area (Å²) in [5.41, 5.74) is 1.40. The predicted molar refractivity (Wildman–Crippen MR) is 100 cm³/mol. The summed E-state index contributed by atoms with van der Waals surface area (Å²) >= 11 is 7.24. The lowest BCUT2D eigenvalue weighted by atomic mass is 10.2. The first-order valence-corrected chi connectivity index (χ1v) is 8.98. The Morgan fingerprint density at radius 2 is 1.93 bits per heavy atom. The summed E-state index contributed by atoms with van der Waals surface area (Å²) in [7, 11) is 1.29. The van der Waals surface area contributed by atoms with E-state index >= 15 is 0 Å². The highest BCUT2D eigenvalue weighted by Gasteiger charge is 2.25. The number of rotatable bonds is 3. The van der Waals surface area contributed by atoms with Crippen molar-refractivity contribution in [2.75, 3.05) is 11.9 Å². The van der Waals surface area contributed by atoms with Gasteiger partial charge in [-0.2, -0.15) is 5.10 Å². The zero-order valence-corrected chi connectivity index (χ0v) is 15.4. The maximum atomic E-state index is 14.0. The smallest absolute Gasteiger partial charge is 0.287 e. The molecule has 0 aliphatic rings. The third-order valence-corrected chi connectivity index (χ3v) is 5.27. The molecule has 3 aromatic heterocycles. The average Bonchev–Trinajstić information content (AvgIpc) is 3.24. The first-order valence-electron chi connectivity index (χ1n) is 7.78.